The van der Waals surface area contributed by atoms with Gasteiger partial charge in [0.1, 0.15) is 5.82 Å². The summed E-state index contributed by atoms with van der Waals surface area (Å²) in [6, 6.07) is 7.96. The van der Waals surface area contributed by atoms with Crippen LogP contribution in [-0.4, -0.2) is 24.2 Å². The second kappa shape index (κ2) is 9.04. The van der Waals surface area contributed by atoms with Crippen molar-refractivity contribution in [1.29, 1.82) is 0 Å². The van der Waals surface area contributed by atoms with E-state index in [1.165, 1.54) is 12.1 Å². The summed E-state index contributed by atoms with van der Waals surface area (Å²) in [6.07, 6.45) is 0.882. The average molecular weight is 570 g/mol. The maximum atomic E-state index is 14.0. The van der Waals surface area contributed by atoms with Gasteiger partial charge in [-0.15, -0.1) is 0 Å². The van der Waals surface area contributed by atoms with Crippen LogP contribution in [0.5, 0.6) is 0 Å². The smallest absolute Gasteiger partial charge is 0.276 e. The van der Waals surface area contributed by atoms with Crippen LogP contribution in [0.3, 0.4) is 0 Å². The number of hydroxylamine groups is 1. The Kier molecular flexibility index (Phi) is 6.96. The quantitative estimate of drug-likeness (QED) is 0.329. The molecule has 1 amide bonds. The molecule has 0 radical (unpaired) electrons. The van der Waals surface area contributed by atoms with Crippen LogP contribution >= 0.6 is 50.1 Å². The summed E-state index contributed by atoms with van der Waals surface area (Å²) in [5.74, 6) is -0.540. The molecule has 0 bridgehead atoms. The average Bonchev–Trinajstić information content (AvgIpc) is 3.38. The van der Waals surface area contributed by atoms with Gasteiger partial charge in [0.05, 0.1) is 33.0 Å². The lowest BCUT2D eigenvalue weighted by molar-refractivity contribution is 0.0248. The van der Waals surface area contributed by atoms with Crippen molar-refractivity contribution in [1.82, 2.24) is 5.48 Å². The van der Waals surface area contributed by atoms with Gasteiger partial charge in [0.15, 0.2) is 0 Å². The number of hydrogen-bond acceptors (Lipinski definition) is 4. The highest BCUT2D eigenvalue weighted by atomic mass is 127. The highest BCUT2D eigenvalue weighted by Crippen LogP contribution is 2.37. The fourth-order valence-corrected chi connectivity index (χ4v) is 3.83. The zero-order chi connectivity index (χ0) is 19.6. The topological polar surface area (TPSA) is 70.6 Å². The minimum Gasteiger partial charge on any atom is -0.396 e. The molecule has 0 spiro atoms. The predicted octanol–water partition coefficient (Wildman–Crippen LogP) is 4.88. The van der Waals surface area contributed by atoms with Crippen LogP contribution in [0.2, 0.25) is 5.02 Å². The summed E-state index contributed by atoms with van der Waals surface area (Å²) in [5.41, 5.74) is 3.39. The number of hydrogen-bond donors (Lipinski definition) is 3. The lowest BCUT2D eigenvalue weighted by Crippen LogP contribution is -2.26. The molecular weight excluding hydrogens is 553 g/mol. The molecule has 0 saturated heterocycles. The number of halogens is 4. The van der Waals surface area contributed by atoms with E-state index in [1.54, 1.807) is 12.1 Å². The van der Waals surface area contributed by atoms with E-state index in [-0.39, 0.29) is 34.2 Å². The molecule has 0 aliphatic heterocycles. The van der Waals surface area contributed by atoms with Crippen molar-refractivity contribution in [2.24, 2.45) is 11.8 Å². The van der Waals surface area contributed by atoms with Crippen molar-refractivity contribution in [2.45, 2.75) is 6.42 Å². The second-order valence-electron chi connectivity index (χ2n) is 6.24. The van der Waals surface area contributed by atoms with Crippen molar-refractivity contribution >= 4 is 67.4 Å². The number of carbonyl (C=O) groups excluding carboxylic acids is 1. The van der Waals surface area contributed by atoms with Crippen molar-refractivity contribution in [2.75, 3.05) is 18.5 Å². The van der Waals surface area contributed by atoms with Gasteiger partial charge in [0.2, 0.25) is 0 Å². The second-order valence-corrected chi connectivity index (χ2v) is 8.75. The number of aliphatic hydroxyl groups is 1. The molecular formula is C18H16BrClFIN2O3. The Balaban J connectivity index is 1.75. The summed E-state index contributed by atoms with van der Waals surface area (Å²) in [4.78, 5) is 17.8. The Labute approximate surface area is 182 Å². The van der Waals surface area contributed by atoms with E-state index in [9.17, 15) is 9.18 Å². The van der Waals surface area contributed by atoms with E-state index in [0.717, 1.165) is 9.99 Å². The van der Waals surface area contributed by atoms with Gasteiger partial charge >= 0.3 is 0 Å². The van der Waals surface area contributed by atoms with E-state index in [2.05, 4.69) is 49.3 Å². The minimum absolute atomic E-state index is 0.123. The van der Waals surface area contributed by atoms with E-state index in [4.69, 9.17) is 21.5 Å². The number of carbonyl (C=O) groups is 1. The molecule has 1 aliphatic rings. The first-order valence-corrected chi connectivity index (χ1v) is 10.4. The molecule has 2 unspecified atom stereocenters. The van der Waals surface area contributed by atoms with Crippen LogP contribution in [0.4, 0.5) is 15.8 Å². The summed E-state index contributed by atoms with van der Waals surface area (Å²) in [6.45, 7) is 0.447. The van der Waals surface area contributed by atoms with Gasteiger partial charge in [-0.3, -0.25) is 9.63 Å². The third-order valence-corrected chi connectivity index (χ3v) is 5.86. The molecule has 0 heterocycles. The normalized spacial score (nSPS) is 18.3. The summed E-state index contributed by atoms with van der Waals surface area (Å²) in [7, 11) is 0. The minimum atomic E-state index is -0.514. The molecule has 1 saturated carbocycles. The van der Waals surface area contributed by atoms with Gasteiger partial charge < -0.3 is 10.4 Å². The van der Waals surface area contributed by atoms with Crippen LogP contribution in [0.15, 0.2) is 34.8 Å². The predicted molar refractivity (Wildman–Crippen MR) is 114 cm³/mol. The molecule has 3 rings (SSSR count). The Morgan fingerprint density at radius 3 is 2.78 bits per heavy atom. The maximum absolute atomic E-state index is 14.0. The van der Waals surface area contributed by atoms with Crippen LogP contribution < -0.4 is 10.8 Å². The number of amides is 1. The van der Waals surface area contributed by atoms with Gasteiger partial charge in [-0.1, -0.05) is 11.6 Å². The first-order chi connectivity index (χ1) is 12.9. The molecule has 5 nitrogen and oxygen atoms in total. The first-order valence-electron chi connectivity index (χ1n) is 8.13. The van der Waals surface area contributed by atoms with E-state index in [0.29, 0.717) is 17.3 Å². The summed E-state index contributed by atoms with van der Waals surface area (Å²) in [5, 5.41) is 12.5. The van der Waals surface area contributed by atoms with E-state index < -0.39 is 11.7 Å². The standard InChI is InChI=1S/C18H16BrClFIN2O3/c19-13-5-12(18(26)24-27-8-10-3-9(10)7-25)17(6-15(13)21)23-16-2-1-11(22)4-14(16)20/h1-2,4-6,9-10,23,25H,3,7-8H2,(H,24,26). The SMILES string of the molecule is O=C(NOCC1CC1CO)c1cc(Br)c(F)cc1Nc1ccc(I)cc1Cl. The van der Waals surface area contributed by atoms with Gasteiger partial charge in [0, 0.05) is 10.2 Å². The third kappa shape index (κ3) is 5.32. The van der Waals surface area contributed by atoms with Crippen LogP contribution in [0, 0.1) is 21.2 Å². The molecule has 2 aromatic carbocycles. The molecule has 9 heteroatoms. The zero-order valence-electron chi connectivity index (χ0n) is 13.9. The number of aliphatic hydroxyl groups excluding tert-OH is 1. The fraction of sp³-hybridized carbons (Fsp3) is 0.278. The molecule has 0 aromatic heterocycles. The molecule has 144 valence electrons. The van der Waals surface area contributed by atoms with E-state index in [1.807, 2.05) is 6.07 Å². The van der Waals surface area contributed by atoms with Crippen LogP contribution in [-0.2, 0) is 4.84 Å². The molecule has 27 heavy (non-hydrogen) atoms. The lowest BCUT2D eigenvalue weighted by Gasteiger charge is -2.14. The number of anilines is 2. The highest BCUT2D eigenvalue weighted by molar-refractivity contribution is 14.1. The van der Waals surface area contributed by atoms with Crippen LogP contribution in [0.25, 0.3) is 0 Å². The van der Waals surface area contributed by atoms with Crippen molar-refractivity contribution in [3.05, 3.63) is 54.8 Å². The van der Waals surface area contributed by atoms with Crippen molar-refractivity contribution in [3.8, 4) is 0 Å². The van der Waals surface area contributed by atoms with E-state index >= 15 is 0 Å². The van der Waals surface area contributed by atoms with Crippen LogP contribution in [0.1, 0.15) is 16.8 Å². The zero-order valence-corrected chi connectivity index (χ0v) is 18.4. The Bertz CT molecular complexity index is 871. The summed E-state index contributed by atoms with van der Waals surface area (Å²) >= 11 is 11.5. The van der Waals surface area contributed by atoms with Crippen molar-refractivity contribution in [3.63, 3.8) is 0 Å². The number of rotatable bonds is 7. The Morgan fingerprint density at radius 2 is 2.11 bits per heavy atom. The number of benzene rings is 2. The first kappa shape index (κ1) is 20.8. The fourth-order valence-electron chi connectivity index (χ4n) is 2.58. The monoisotopic (exact) mass is 568 g/mol. The molecule has 2 aromatic rings. The van der Waals surface area contributed by atoms with Crippen molar-refractivity contribution < 1.29 is 19.1 Å². The molecule has 3 N–H and O–H groups in total. The molecule has 1 fully saturated rings. The Hall–Kier alpha value is -0.940. The van der Waals surface area contributed by atoms with Gasteiger partial charge in [-0.05, 0) is 87.1 Å². The number of nitrogens with one attached hydrogen (secondary N) is 2. The van der Waals surface area contributed by atoms with Gasteiger partial charge in [0.25, 0.3) is 5.91 Å². The molecule has 1 aliphatic carbocycles. The Morgan fingerprint density at radius 1 is 1.33 bits per heavy atom. The maximum Gasteiger partial charge on any atom is 0.276 e. The largest absolute Gasteiger partial charge is 0.396 e. The molecule has 2 atom stereocenters. The van der Waals surface area contributed by atoms with Gasteiger partial charge in [-0.25, -0.2) is 9.87 Å². The highest BCUT2D eigenvalue weighted by Gasteiger charge is 2.36. The summed E-state index contributed by atoms with van der Waals surface area (Å²) < 4.78 is 15.1. The van der Waals surface area contributed by atoms with Gasteiger partial charge in [-0.2, -0.15) is 0 Å². The third-order valence-electron chi connectivity index (χ3n) is 4.27. The lowest BCUT2D eigenvalue weighted by atomic mass is 10.1.